The highest BCUT2D eigenvalue weighted by Gasteiger charge is 2.20. The van der Waals surface area contributed by atoms with Crippen LogP contribution >= 0.6 is 46.6 Å². The zero-order valence-corrected chi connectivity index (χ0v) is 13.8. The van der Waals surface area contributed by atoms with Gasteiger partial charge in [-0.15, -0.1) is 11.8 Å². The van der Waals surface area contributed by atoms with Crippen LogP contribution in [0.3, 0.4) is 0 Å². The van der Waals surface area contributed by atoms with Crippen LogP contribution in [0.25, 0.3) is 0 Å². The van der Waals surface area contributed by atoms with Gasteiger partial charge in [-0.1, -0.05) is 40.9 Å². The van der Waals surface area contributed by atoms with E-state index in [1.165, 1.54) is 11.8 Å². The standard InChI is InChI=1S/C15H11Cl3O2S/c16-10-3-5-12(6-4-10)21-14(15(19)20)7-9-1-2-11(17)8-13(9)18/h1-6,8,14H,7H2,(H,19,20)/t14-/m0/s1. The number of rotatable bonds is 5. The van der Waals surface area contributed by atoms with E-state index in [2.05, 4.69) is 0 Å². The molecule has 6 heteroatoms. The van der Waals surface area contributed by atoms with Crippen molar-refractivity contribution in [3.8, 4) is 0 Å². The number of carboxylic acids is 1. The average molecular weight is 362 g/mol. The molecule has 0 saturated heterocycles. The molecule has 0 unspecified atom stereocenters. The molecule has 2 aromatic rings. The lowest BCUT2D eigenvalue weighted by atomic mass is 10.1. The Morgan fingerprint density at radius 1 is 1.05 bits per heavy atom. The Bertz CT molecular complexity index is 644. The summed E-state index contributed by atoms with van der Waals surface area (Å²) in [6.07, 6.45) is 0.318. The third-order valence-electron chi connectivity index (χ3n) is 2.79. The summed E-state index contributed by atoms with van der Waals surface area (Å²) in [5, 5.41) is 10.4. The molecule has 110 valence electrons. The second-order valence-corrected chi connectivity index (χ2v) is 6.89. The second kappa shape index (κ2) is 7.41. The highest BCUT2D eigenvalue weighted by atomic mass is 35.5. The average Bonchev–Trinajstić information content (AvgIpc) is 2.43. The summed E-state index contributed by atoms with van der Waals surface area (Å²) in [6.45, 7) is 0. The lowest BCUT2D eigenvalue weighted by Gasteiger charge is -2.13. The second-order valence-electron chi connectivity index (χ2n) is 4.34. The largest absolute Gasteiger partial charge is 0.480 e. The van der Waals surface area contributed by atoms with Gasteiger partial charge in [0.15, 0.2) is 0 Å². The molecule has 0 aliphatic carbocycles. The van der Waals surface area contributed by atoms with Crippen molar-refractivity contribution < 1.29 is 9.90 Å². The Kier molecular flexibility index (Phi) is 5.82. The van der Waals surface area contributed by atoms with E-state index in [4.69, 9.17) is 34.8 Å². The van der Waals surface area contributed by atoms with E-state index in [9.17, 15) is 9.90 Å². The van der Waals surface area contributed by atoms with Crippen LogP contribution in [-0.2, 0) is 11.2 Å². The highest BCUT2D eigenvalue weighted by Crippen LogP contribution is 2.30. The van der Waals surface area contributed by atoms with Gasteiger partial charge in [-0.2, -0.15) is 0 Å². The fourth-order valence-corrected chi connectivity index (χ4v) is 3.34. The van der Waals surface area contributed by atoms with Crippen molar-refractivity contribution in [2.24, 2.45) is 0 Å². The molecule has 0 fully saturated rings. The first kappa shape index (κ1) is 16.5. The van der Waals surface area contributed by atoms with Crippen LogP contribution in [0.1, 0.15) is 5.56 Å². The summed E-state index contributed by atoms with van der Waals surface area (Å²) in [6, 6.07) is 12.1. The van der Waals surface area contributed by atoms with Crippen molar-refractivity contribution in [3.63, 3.8) is 0 Å². The Hall–Kier alpha value is -0.870. The SMILES string of the molecule is O=C(O)[C@H](Cc1ccc(Cl)cc1Cl)Sc1ccc(Cl)cc1. The molecule has 2 nitrogen and oxygen atoms in total. The van der Waals surface area contributed by atoms with Crippen molar-refractivity contribution in [3.05, 3.63) is 63.1 Å². The third-order valence-corrected chi connectivity index (χ3v) is 4.82. The Balaban J connectivity index is 2.15. The van der Waals surface area contributed by atoms with E-state index in [0.717, 1.165) is 10.5 Å². The topological polar surface area (TPSA) is 37.3 Å². The van der Waals surface area contributed by atoms with Gasteiger partial charge in [0, 0.05) is 20.0 Å². The third kappa shape index (κ3) is 4.82. The first-order valence-corrected chi connectivity index (χ1v) is 8.06. The fraction of sp³-hybridized carbons (Fsp3) is 0.133. The molecule has 0 aromatic heterocycles. The predicted octanol–water partition coefficient (Wildman–Crippen LogP) is 5.43. The molecular formula is C15H11Cl3O2S. The van der Waals surface area contributed by atoms with Crippen molar-refractivity contribution in [1.29, 1.82) is 0 Å². The maximum Gasteiger partial charge on any atom is 0.317 e. The van der Waals surface area contributed by atoms with Gasteiger partial charge in [0.1, 0.15) is 5.25 Å². The number of carboxylic acid groups (broad SMARTS) is 1. The van der Waals surface area contributed by atoms with Crippen LogP contribution < -0.4 is 0 Å². The van der Waals surface area contributed by atoms with Gasteiger partial charge < -0.3 is 5.11 Å². The van der Waals surface area contributed by atoms with Crippen LogP contribution in [0.5, 0.6) is 0 Å². The molecule has 0 radical (unpaired) electrons. The quantitative estimate of drug-likeness (QED) is 0.721. The van der Waals surface area contributed by atoms with Gasteiger partial charge in [-0.3, -0.25) is 4.79 Å². The van der Waals surface area contributed by atoms with Gasteiger partial charge >= 0.3 is 5.97 Å². The van der Waals surface area contributed by atoms with Crippen molar-refractivity contribution in [1.82, 2.24) is 0 Å². The molecule has 0 saturated carbocycles. The smallest absolute Gasteiger partial charge is 0.317 e. The molecule has 0 aliphatic heterocycles. The molecule has 2 rings (SSSR count). The molecule has 0 bridgehead atoms. The molecule has 0 spiro atoms. The van der Waals surface area contributed by atoms with Gasteiger partial charge in [-0.05, 0) is 48.4 Å². The number of halogens is 3. The Morgan fingerprint density at radius 3 is 2.24 bits per heavy atom. The number of aliphatic carboxylic acids is 1. The van der Waals surface area contributed by atoms with Gasteiger partial charge in [0.25, 0.3) is 0 Å². The summed E-state index contributed by atoms with van der Waals surface area (Å²) < 4.78 is 0. The molecule has 0 aliphatic rings. The van der Waals surface area contributed by atoms with Crippen LogP contribution in [0, 0.1) is 0 Å². The normalized spacial score (nSPS) is 12.1. The van der Waals surface area contributed by atoms with Crippen molar-refractivity contribution in [2.45, 2.75) is 16.6 Å². The summed E-state index contributed by atoms with van der Waals surface area (Å²) >= 11 is 19.0. The van der Waals surface area contributed by atoms with Gasteiger partial charge in [-0.25, -0.2) is 0 Å². The molecule has 2 aromatic carbocycles. The van der Waals surface area contributed by atoms with Crippen molar-refractivity contribution in [2.75, 3.05) is 0 Å². The fourth-order valence-electron chi connectivity index (χ4n) is 1.74. The molecular weight excluding hydrogens is 351 g/mol. The maximum atomic E-state index is 11.4. The zero-order chi connectivity index (χ0) is 15.4. The first-order chi connectivity index (χ1) is 9.95. The van der Waals surface area contributed by atoms with Crippen molar-refractivity contribution >= 4 is 52.5 Å². The molecule has 21 heavy (non-hydrogen) atoms. The van der Waals surface area contributed by atoms with Crippen LogP contribution in [0.2, 0.25) is 15.1 Å². The van der Waals surface area contributed by atoms with Gasteiger partial charge in [0.05, 0.1) is 0 Å². The lowest BCUT2D eigenvalue weighted by molar-refractivity contribution is -0.136. The highest BCUT2D eigenvalue weighted by molar-refractivity contribution is 8.00. The van der Waals surface area contributed by atoms with Crippen LogP contribution in [0.15, 0.2) is 47.4 Å². The molecule has 0 amide bonds. The van der Waals surface area contributed by atoms with E-state index < -0.39 is 11.2 Å². The number of thioether (sulfide) groups is 1. The maximum absolute atomic E-state index is 11.4. The summed E-state index contributed by atoms with van der Waals surface area (Å²) in [5.74, 6) is -0.888. The van der Waals surface area contributed by atoms with E-state index in [1.54, 1.807) is 42.5 Å². The van der Waals surface area contributed by atoms with Crippen LogP contribution in [0.4, 0.5) is 0 Å². The molecule has 1 N–H and O–H groups in total. The summed E-state index contributed by atoms with van der Waals surface area (Å²) in [4.78, 5) is 12.3. The minimum atomic E-state index is -0.888. The van der Waals surface area contributed by atoms with E-state index in [1.807, 2.05) is 0 Å². The predicted molar refractivity (Wildman–Crippen MR) is 88.9 cm³/mol. The number of benzene rings is 2. The molecule has 0 heterocycles. The minimum Gasteiger partial charge on any atom is -0.480 e. The number of carbonyl (C=O) groups is 1. The monoisotopic (exact) mass is 360 g/mol. The molecule has 1 atom stereocenters. The number of hydrogen-bond acceptors (Lipinski definition) is 2. The lowest BCUT2D eigenvalue weighted by Crippen LogP contribution is -2.19. The first-order valence-electron chi connectivity index (χ1n) is 6.04. The van der Waals surface area contributed by atoms with Crippen LogP contribution in [-0.4, -0.2) is 16.3 Å². The summed E-state index contributed by atoms with van der Waals surface area (Å²) in [5.41, 5.74) is 0.759. The zero-order valence-electron chi connectivity index (χ0n) is 10.7. The minimum absolute atomic E-state index is 0.318. The van der Waals surface area contributed by atoms with E-state index >= 15 is 0 Å². The Labute approximate surface area is 142 Å². The summed E-state index contributed by atoms with van der Waals surface area (Å²) in [7, 11) is 0. The van der Waals surface area contributed by atoms with Gasteiger partial charge in [0.2, 0.25) is 0 Å². The van der Waals surface area contributed by atoms with E-state index in [-0.39, 0.29) is 0 Å². The van der Waals surface area contributed by atoms with E-state index in [0.29, 0.717) is 21.5 Å². The number of hydrogen-bond donors (Lipinski definition) is 1. The Morgan fingerprint density at radius 2 is 1.67 bits per heavy atom.